The van der Waals surface area contributed by atoms with Gasteiger partial charge in [0.1, 0.15) is 5.82 Å². The van der Waals surface area contributed by atoms with Crippen molar-refractivity contribution < 1.29 is 4.79 Å². The lowest BCUT2D eigenvalue weighted by atomic mass is 10.2. The van der Waals surface area contributed by atoms with Gasteiger partial charge in [-0.15, -0.1) is 0 Å². The highest BCUT2D eigenvalue weighted by Gasteiger charge is 2.03. The number of hydrogen-bond acceptors (Lipinski definition) is 2. The highest BCUT2D eigenvalue weighted by molar-refractivity contribution is 6.31. The first-order valence-corrected chi connectivity index (χ1v) is 6.30. The van der Waals surface area contributed by atoms with Crippen LogP contribution in [0.5, 0.6) is 0 Å². The molecule has 19 heavy (non-hydrogen) atoms. The molecule has 0 spiro atoms. The minimum absolute atomic E-state index is 0.352. The molecule has 2 rings (SSSR count). The van der Waals surface area contributed by atoms with Crippen molar-refractivity contribution in [3.63, 3.8) is 0 Å². The summed E-state index contributed by atoms with van der Waals surface area (Å²) < 4.78 is 0. The van der Waals surface area contributed by atoms with E-state index in [1.54, 1.807) is 24.3 Å². The summed E-state index contributed by atoms with van der Waals surface area (Å²) in [6, 6.07) is 10.1. The van der Waals surface area contributed by atoms with Gasteiger partial charge in [0.2, 0.25) is 0 Å². The first kappa shape index (κ1) is 13.6. The Hall–Kier alpha value is -1.78. The van der Waals surface area contributed by atoms with E-state index in [1.807, 2.05) is 12.1 Å². The molecule has 2 aromatic rings. The second kappa shape index (κ2) is 6.41. The maximum atomic E-state index is 11.6. The molecule has 0 radical (unpaired) electrons. The van der Waals surface area contributed by atoms with Crippen molar-refractivity contribution in [1.82, 2.24) is 10.3 Å². The fraction of sp³-hybridized carbons (Fsp3) is 0.0769. The van der Waals surface area contributed by atoms with Gasteiger partial charge >= 0.3 is 6.03 Å². The fourth-order valence-electron chi connectivity index (χ4n) is 1.46. The van der Waals surface area contributed by atoms with E-state index >= 15 is 0 Å². The fourth-order valence-corrected chi connectivity index (χ4v) is 1.84. The van der Waals surface area contributed by atoms with Crippen molar-refractivity contribution in [3.05, 3.63) is 58.2 Å². The molecule has 0 bridgehead atoms. The predicted molar refractivity (Wildman–Crippen MR) is 76.6 cm³/mol. The molecule has 0 aliphatic carbocycles. The quantitative estimate of drug-likeness (QED) is 0.907. The van der Waals surface area contributed by atoms with E-state index in [4.69, 9.17) is 23.2 Å². The molecule has 0 fully saturated rings. The van der Waals surface area contributed by atoms with Crippen LogP contribution in [0.25, 0.3) is 0 Å². The zero-order chi connectivity index (χ0) is 13.7. The number of halogens is 2. The van der Waals surface area contributed by atoms with Gasteiger partial charge in [0.15, 0.2) is 0 Å². The molecule has 0 unspecified atom stereocenters. The molecule has 0 aliphatic heterocycles. The van der Waals surface area contributed by atoms with Crippen LogP contribution in [0.15, 0.2) is 42.6 Å². The molecule has 2 N–H and O–H groups in total. The molecule has 98 valence electrons. The lowest BCUT2D eigenvalue weighted by Gasteiger charge is -2.07. The summed E-state index contributed by atoms with van der Waals surface area (Å²) in [4.78, 5) is 15.6. The van der Waals surface area contributed by atoms with Crippen molar-refractivity contribution in [2.75, 3.05) is 5.32 Å². The maximum absolute atomic E-state index is 11.6. The average molecular weight is 296 g/mol. The number of urea groups is 1. The number of rotatable bonds is 3. The zero-order valence-electron chi connectivity index (χ0n) is 9.86. The second-order valence-corrected chi connectivity index (χ2v) is 4.67. The van der Waals surface area contributed by atoms with Crippen LogP contribution < -0.4 is 10.6 Å². The third-order valence-corrected chi connectivity index (χ3v) is 2.78. The van der Waals surface area contributed by atoms with E-state index in [1.165, 1.54) is 6.20 Å². The highest BCUT2D eigenvalue weighted by Crippen LogP contribution is 2.12. The number of nitrogens with one attached hydrogen (secondary N) is 2. The lowest BCUT2D eigenvalue weighted by Crippen LogP contribution is -2.28. The third-order valence-electron chi connectivity index (χ3n) is 2.31. The van der Waals surface area contributed by atoms with Gasteiger partial charge in [0.05, 0.1) is 0 Å². The summed E-state index contributed by atoms with van der Waals surface area (Å²) in [7, 11) is 0. The molecule has 4 nitrogen and oxygen atoms in total. The van der Waals surface area contributed by atoms with Gasteiger partial charge in [-0.1, -0.05) is 35.3 Å². The monoisotopic (exact) mass is 295 g/mol. The summed E-state index contributed by atoms with van der Waals surface area (Å²) in [5.41, 5.74) is 0.918. The number of carbonyl (C=O) groups excluding carboxylic acids is 1. The first-order chi connectivity index (χ1) is 9.13. The maximum Gasteiger partial charge on any atom is 0.320 e. The Morgan fingerprint density at radius 1 is 1.16 bits per heavy atom. The number of hydrogen-bond donors (Lipinski definition) is 2. The first-order valence-electron chi connectivity index (χ1n) is 5.54. The van der Waals surface area contributed by atoms with Crippen LogP contribution in [0.3, 0.4) is 0 Å². The van der Waals surface area contributed by atoms with Crippen LogP contribution in [-0.2, 0) is 6.54 Å². The Morgan fingerprint density at radius 3 is 2.68 bits per heavy atom. The Labute approximate surface area is 120 Å². The summed E-state index contributed by atoms with van der Waals surface area (Å²) in [6.45, 7) is 0.382. The van der Waals surface area contributed by atoms with Gasteiger partial charge in [-0.2, -0.15) is 0 Å². The van der Waals surface area contributed by atoms with Crippen LogP contribution in [0, 0.1) is 0 Å². The summed E-state index contributed by atoms with van der Waals surface area (Å²) in [5, 5.41) is 6.44. The molecular weight excluding hydrogens is 285 g/mol. The van der Waals surface area contributed by atoms with Crippen molar-refractivity contribution in [1.29, 1.82) is 0 Å². The van der Waals surface area contributed by atoms with Crippen LogP contribution in [-0.4, -0.2) is 11.0 Å². The van der Waals surface area contributed by atoms with Crippen LogP contribution in [0.2, 0.25) is 10.0 Å². The van der Waals surface area contributed by atoms with Gasteiger partial charge < -0.3 is 5.32 Å². The molecule has 6 heteroatoms. The minimum atomic E-state index is -0.352. The number of aromatic nitrogens is 1. The zero-order valence-corrected chi connectivity index (χ0v) is 11.4. The summed E-state index contributed by atoms with van der Waals surface area (Å²) >= 11 is 11.6. The predicted octanol–water partition coefficient (Wildman–Crippen LogP) is 3.71. The minimum Gasteiger partial charge on any atom is -0.334 e. The highest BCUT2D eigenvalue weighted by atomic mass is 35.5. The number of benzene rings is 1. The Balaban J connectivity index is 1.88. The van der Waals surface area contributed by atoms with Gasteiger partial charge in [-0.05, 0) is 29.8 Å². The van der Waals surface area contributed by atoms with E-state index in [2.05, 4.69) is 15.6 Å². The van der Waals surface area contributed by atoms with E-state index in [0.29, 0.717) is 22.4 Å². The molecule has 1 heterocycles. The third kappa shape index (κ3) is 4.43. The molecule has 1 aromatic carbocycles. The van der Waals surface area contributed by atoms with E-state index < -0.39 is 0 Å². The van der Waals surface area contributed by atoms with Crippen LogP contribution in [0.4, 0.5) is 10.6 Å². The van der Waals surface area contributed by atoms with E-state index in [0.717, 1.165) is 5.56 Å². The van der Waals surface area contributed by atoms with Crippen molar-refractivity contribution in [3.8, 4) is 0 Å². The normalized spacial score (nSPS) is 10.0. The van der Waals surface area contributed by atoms with Gasteiger partial charge in [0.25, 0.3) is 0 Å². The summed E-state index contributed by atoms with van der Waals surface area (Å²) in [5.74, 6) is 0.399. The van der Waals surface area contributed by atoms with E-state index in [-0.39, 0.29) is 6.03 Å². The Kier molecular flexibility index (Phi) is 4.60. The number of anilines is 1. The lowest BCUT2D eigenvalue weighted by molar-refractivity contribution is 0.251. The number of amides is 2. The largest absolute Gasteiger partial charge is 0.334 e. The van der Waals surface area contributed by atoms with Crippen molar-refractivity contribution in [2.24, 2.45) is 0 Å². The van der Waals surface area contributed by atoms with Gasteiger partial charge in [0, 0.05) is 22.8 Å². The topological polar surface area (TPSA) is 54.0 Å². The van der Waals surface area contributed by atoms with Gasteiger partial charge in [-0.3, -0.25) is 5.32 Å². The van der Waals surface area contributed by atoms with E-state index in [9.17, 15) is 4.79 Å². The molecule has 0 atom stereocenters. The smallest absolute Gasteiger partial charge is 0.320 e. The van der Waals surface area contributed by atoms with Crippen LogP contribution in [0.1, 0.15) is 5.56 Å². The average Bonchev–Trinajstić information content (AvgIpc) is 2.36. The molecular formula is C13H11Cl2N3O. The summed E-state index contributed by atoms with van der Waals surface area (Å²) in [6.07, 6.45) is 1.52. The number of nitrogens with zero attached hydrogens (tertiary/aromatic N) is 1. The van der Waals surface area contributed by atoms with Gasteiger partial charge in [-0.25, -0.2) is 9.78 Å². The molecule has 0 saturated heterocycles. The SMILES string of the molecule is O=C(NCc1cccc(Cl)c1)Nc1cc(Cl)ccn1. The Morgan fingerprint density at radius 2 is 1.95 bits per heavy atom. The second-order valence-electron chi connectivity index (χ2n) is 3.80. The molecule has 2 amide bonds. The molecule has 1 aromatic heterocycles. The number of carbonyl (C=O) groups is 1. The standard InChI is InChI=1S/C13H11Cl2N3O/c14-10-3-1-2-9(6-10)8-17-13(19)18-12-7-11(15)4-5-16-12/h1-7H,8H2,(H2,16,17,18,19). The molecule has 0 aliphatic rings. The Bertz CT molecular complexity index is 590. The number of pyridine rings is 1. The van der Waals surface area contributed by atoms with Crippen LogP contribution >= 0.6 is 23.2 Å². The van der Waals surface area contributed by atoms with Crippen molar-refractivity contribution in [2.45, 2.75) is 6.54 Å². The van der Waals surface area contributed by atoms with Crippen molar-refractivity contribution >= 4 is 35.1 Å². The molecule has 0 saturated carbocycles.